The summed E-state index contributed by atoms with van der Waals surface area (Å²) in [6.07, 6.45) is 3.74. The maximum absolute atomic E-state index is 12.5. The Morgan fingerprint density at radius 1 is 1.25 bits per heavy atom. The summed E-state index contributed by atoms with van der Waals surface area (Å²) in [5.74, 6) is -0.0293. The highest BCUT2D eigenvalue weighted by Gasteiger charge is 2.26. The van der Waals surface area contributed by atoms with E-state index in [4.69, 9.17) is 28.9 Å². The summed E-state index contributed by atoms with van der Waals surface area (Å²) < 4.78 is 0. The van der Waals surface area contributed by atoms with Crippen molar-refractivity contribution in [2.75, 3.05) is 31.1 Å². The quantitative estimate of drug-likeness (QED) is 0.865. The molecule has 0 unspecified atom stereocenters. The van der Waals surface area contributed by atoms with Crippen LogP contribution in [0, 0.1) is 0 Å². The third-order valence-electron chi connectivity index (χ3n) is 4.17. The van der Waals surface area contributed by atoms with Crippen molar-refractivity contribution < 1.29 is 4.79 Å². The zero-order valence-electron chi connectivity index (χ0n) is 13.1. The molecule has 1 aliphatic rings. The van der Waals surface area contributed by atoms with Gasteiger partial charge in [0.25, 0.3) is 0 Å². The highest BCUT2D eigenvalue weighted by atomic mass is 35.5. The molecule has 2 heterocycles. The lowest BCUT2D eigenvalue weighted by Gasteiger charge is -2.37. The molecule has 1 atom stereocenters. The third kappa shape index (κ3) is 3.83. The van der Waals surface area contributed by atoms with Crippen LogP contribution in [-0.2, 0) is 11.2 Å². The Hall–Kier alpha value is -1.76. The number of nitrogens with zero attached hydrogens (tertiary/aromatic N) is 3. The van der Waals surface area contributed by atoms with E-state index in [0.717, 1.165) is 24.5 Å². The fraction of sp³-hybridized carbons (Fsp3) is 0.375. The Labute approximate surface area is 150 Å². The minimum absolute atomic E-state index is 0.0293. The zero-order chi connectivity index (χ0) is 17.1. The molecule has 0 spiro atoms. The maximum Gasteiger partial charge on any atom is 0.240 e. The molecule has 0 aliphatic carbocycles. The molecule has 2 aromatic rings. The first-order valence-corrected chi connectivity index (χ1v) is 8.52. The van der Waals surface area contributed by atoms with Gasteiger partial charge in [-0.05, 0) is 18.2 Å². The Morgan fingerprint density at radius 3 is 2.62 bits per heavy atom. The average molecular weight is 368 g/mol. The van der Waals surface area contributed by atoms with Crippen LogP contribution in [0.4, 0.5) is 5.69 Å². The van der Waals surface area contributed by atoms with E-state index in [1.165, 1.54) is 0 Å². The van der Waals surface area contributed by atoms with Gasteiger partial charge in [0.05, 0.1) is 22.4 Å². The second kappa shape index (κ2) is 7.42. The molecule has 1 aromatic heterocycles. The molecule has 1 saturated heterocycles. The molecule has 1 amide bonds. The number of carbonyl (C=O) groups is 1. The fourth-order valence-corrected chi connectivity index (χ4v) is 3.11. The van der Waals surface area contributed by atoms with Gasteiger partial charge in [-0.1, -0.05) is 23.2 Å². The first kappa shape index (κ1) is 17.1. The average Bonchev–Trinajstić information content (AvgIpc) is 3.10. The van der Waals surface area contributed by atoms with Gasteiger partial charge in [-0.3, -0.25) is 4.79 Å². The lowest BCUT2D eigenvalue weighted by molar-refractivity contribution is -0.132. The van der Waals surface area contributed by atoms with Gasteiger partial charge in [0.1, 0.15) is 0 Å². The Morgan fingerprint density at radius 2 is 2.00 bits per heavy atom. The monoisotopic (exact) mass is 367 g/mol. The number of rotatable bonds is 4. The number of aromatic amines is 1. The van der Waals surface area contributed by atoms with Crippen LogP contribution in [0.1, 0.15) is 5.69 Å². The van der Waals surface area contributed by atoms with Crippen LogP contribution in [0.3, 0.4) is 0 Å². The van der Waals surface area contributed by atoms with Crippen molar-refractivity contribution in [3.05, 3.63) is 46.5 Å². The van der Waals surface area contributed by atoms with E-state index < -0.39 is 6.04 Å². The standard InChI is InChI=1S/C16H19Cl2N5O/c17-13-2-1-12(8-14(13)18)22-3-5-23(6-4-22)16(24)15(19)7-11-9-20-10-21-11/h1-2,8-10,15H,3-7,19H2,(H,20,21)/t15-/m0/s1. The van der Waals surface area contributed by atoms with Crippen molar-refractivity contribution in [1.29, 1.82) is 0 Å². The summed E-state index contributed by atoms with van der Waals surface area (Å²) in [5.41, 5.74) is 7.92. The van der Waals surface area contributed by atoms with Crippen LogP contribution < -0.4 is 10.6 Å². The highest BCUT2D eigenvalue weighted by molar-refractivity contribution is 6.42. The van der Waals surface area contributed by atoms with E-state index in [-0.39, 0.29) is 5.91 Å². The van der Waals surface area contributed by atoms with Crippen LogP contribution in [0.15, 0.2) is 30.7 Å². The lowest BCUT2D eigenvalue weighted by atomic mass is 10.1. The van der Waals surface area contributed by atoms with Crippen LogP contribution in [0.25, 0.3) is 0 Å². The number of piperazine rings is 1. The molecule has 1 aromatic carbocycles. The predicted octanol–water partition coefficient (Wildman–Crippen LogP) is 1.94. The van der Waals surface area contributed by atoms with Crippen molar-refractivity contribution in [3.8, 4) is 0 Å². The molecular weight excluding hydrogens is 349 g/mol. The molecule has 3 N–H and O–H groups in total. The first-order valence-electron chi connectivity index (χ1n) is 7.76. The van der Waals surface area contributed by atoms with Gasteiger partial charge in [-0.25, -0.2) is 4.98 Å². The minimum Gasteiger partial charge on any atom is -0.368 e. The largest absolute Gasteiger partial charge is 0.368 e. The van der Waals surface area contributed by atoms with Crippen LogP contribution in [0.5, 0.6) is 0 Å². The summed E-state index contributed by atoms with van der Waals surface area (Å²) in [5, 5.41) is 1.08. The van der Waals surface area contributed by atoms with Gasteiger partial charge < -0.3 is 20.5 Å². The Bertz CT molecular complexity index is 698. The number of anilines is 1. The lowest BCUT2D eigenvalue weighted by Crippen LogP contribution is -2.53. The van der Waals surface area contributed by atoms with Crippen LogP contribution >= 0.6 is 23.2 Å². The zero-order valence-corrected chi connectivity index (χ0v) is 14.6. The van der Waals surface area contributed by atoms with Gasteiger partial charge >= 0.3 is 0 Å². The van der Waals surface area contributed by atoms with Crippen molar-refractivity contribution in [2.45, 2.75) is 12.5 Å². The summed E-state index contributed by atoms with van der Waals surface area (Å²) in [6.45, 7) is 2.74. The van der Waals surface area contributed by atoms with Crippen LogP contribution in [0.2, 0.25) is 10.0 Å². The number of carbonyl (C=O) groups excluding carboxylic acids is 1. The molecule has 1 fully saturated rings. The summed E-state index contributed by atoms with van der Waals surface area (Å²) in [6, 6.07) is 5.03. The number of imidazole rings is 1. The normalized spacial score (nSPS) is 16.3. The van der Waals surface area contributed by atoms with E-state index in [1.807, 2.05) is 17.0 Å². The number of nitrogens with two attached hydrogens (primary N) is 1. The number of nitrogens with one attached hydrogen (secondary N) is 1. The number of benzene rings is 1. The molecule has 1 aliphatic heterocycles. The van der Waals surface area contributed by atoms with E-state index in [9.17, 15) is 4.79 Å². The summed E-state index contributed by atoms with van der Waals surface area (Å²) >= 11 is 12.0. The van der Waals surface area contributed by atoms with Gasteiger partial charge in [-0.15, -0.1) is 0 Å². The molecule has 0 bridgehead atoms. The number of aromatic nitrogens is 2. The van der Waals surface area contributed by atoms with Crippen molar-refractivity contribution >= 4 is 34.8 Å². The van der Waals surface area contributed by atoms with E-state index in [0.29, 0.717) is 29.6 Å². The smallest absolute Gasteiger partial charge is 0.240 e. The minimum atomic E-state index is -0.554. The van der Waals surface area contributed by atoms with E-state index in [1.54, 1.807) is 18.6 Å². The van der Waals surface area contributed by atoms with Crippen molar-refractivity contribution in [2.24, 2.45) is 5.73 Å². The number of amides is 1. The van der Waals surface area contributed by atoms with Crippen LogP contribution in [-0.4, -0.2) is 53.0 Å². The van der Waals surface area contributed by atoms with Crippen molar-refractivity contribution in [3.63, 3.8) is 0 Å². The summed E-state index contributed by atoms with van der Waals surface area (Å²) in [7, 11) is 0. The SMILES string of the molecule is N[C@@H](Cc1cnc[nH]1)C(=O)N1CCN(c2ccc(Cl)c(Cl)c2)CC1. The second-order valence-corrected chi connectivity index (χ2v) is 6.61. The van der Waals surface area contributed by atoms with Gasteiger partial charge in [0.2, 0.25) is 5.91 Å². The molecule has 8 heteroatoms. The number of hydrogen-bond donors (Lipinski definition) is 2. The van der Waals surface area contributed by atoms with Crippen molar-refractivity contribution in [1.82, 2.24) is 14.9 Å². The molecule has 128 valence electrons. The highest BCUT2D eigenvalue weighted by Crippen LogP contribution is 2.27. The molecule has 3 rings (SSSR count). The predicted molar refractivity (Wildman–Crippen MR) is 95.5 cm³/mol. The molecular formula is C16H19Cl2N5O. The van der Waals surface area contributed by atoms with Gasteiger partial charge in [0.15, 0.2) is 0 Å². The molecule has 24 heavy (non-hydrogen) atoms. The number of H-pyrrole nitrogens is 1. The topological polar surface area (TPSA) is 78.2 Å². The van der Waals surface area contributed by atoms with E-state index in [2.05, 4.69) is 14.9 Å². The molecule has 0 saturated carbocycles. The second-order valence-electron chi connectivity index (χ2n) is 5.80. The maximum atomic E-state index is 12.5. The Balaban J connectivity index is 1.56. The van der Waals surface area contributed by atoms with Gasteiger partial charge in [-0.2, -0.15) is 0 Å². The third-order valence-corrected chi connectivity index (χ3v) is 4.91. The molecule has 0 radical (unpaired) electrons. The Kier molecular flexibility index (Phi) is 5.28. The first-order chi connectivity index (χ1) is 11.5. The van der Waals surface area contributed by atoms with Gasteiger partial charge in [0, 0.05) is 50.2 Å². The number of hydrogen-bond acceptors (Lipinski definition) is 4. The van der Waals surface area contributed by atoms with E-state index >= 15 is 0 Å². The number of halogens is 2. The summed E-state index contributed by atoms with van der Waals surface area (Å²) in [4.78, 5) is 23.4. The molecule has 6 nitrogen and oxygen atoms in total. The fourth-order valence-electron chi connectivity index (χ4n) is 2.82.